The van der Waals surface area contributed by atoms with Crippen molar-refractivity contribution >= 4 is 17.0 Å². The number of aliphatic hydroxyl groups is 1. The number of nitrogens with zero attached hydrogens (tertiary/aromatic N) is 1. The van der Waals surface area contributed by atoms with Gasteiger partial charge in [0, 0.05) is 9.75 Å². The molecule has 80 valence electrons. The zero-order chi connectivity index (χ0) is 11.5. The molecule has 1 aromatic carbocycles. The summed E-state index contributed by atoms with van der Waals surface area (Å²) in [4.78, 5) is 5.46. The Kier molecular flexibility index (Phi) is 3.04. The highest BCUT2D eigenvalue weighted by molar-refractivity contribution is 7.12. The highest BCUT2D eigenvalue weighted by Gasteiger charge is 2.15. The van der Waals surface area contributed by atoms with Crippen molar-refractivity contribution < 1.29 is 5.11 Å². The molecule has 0 aliphatic heterocycles. The van der Waals surface area contributed by atoms with E-state index in [2.05, 4.69) is 4.85 Å². The number of hydrogen-bond acceptors (Lipinski definition) is 2. The van der Waals surface area contributed by atoms with E-state index in [9.17, 15) is 5.11 Å². The van der Waals surface area contributed by atoms with Crippen LogP contribution in [0.5, 0.6) is 0 Å². The van der Waals surface area contributed by atoms with Gasteiger partial charge in [0.25, 0.3) is 0 Å². The Balaban J connectivity index is 2.41. The SMILES string of the molecule is [C-]#[N+]c1ccccc1C(O)c1ccc(C)s1. The van der Waals surface area contributed by atoms with E-state index in [-0.39, 0.29) is 0 Å². The van der Waals surface area contributed by atoms with Crippen LogP contribution in [-0.2, 0) is 0 Å². The molecule has 1 heterocycles. The fourth-order valence-electron chi connectivity index (χ4n) is 1.57. The Morgan fingerprint density at radius 2 is 2.00 bits per heavy atom. The van der Waals surface area contributed by atoms with Gasteiger partial charge in [-0.1, -0.05) is 24.3 Å². The molecule has 3 heteroatoms. The molecule has 1 aromatic heterocycles. The average Bonchev–Trinajstić information content (AvgIpc) is 2.75. The lowest BCUT2D eigenvalue weighted by Gasteiger charge is -2.10. The molecule has 0 saturated heterocycles. The van der Waals surface area contributed by atoms with Gasteiger partial charge in [0.15, 0.2) is 5.69 Å². The minimum absolute atomic E-state index is 0.515. The number of hydrogen-bond donors (Lipinski definition) is 1. The molecule has 0 saturated carbocycles. The van der Waals surface area contributed by atoms with E-state index >= 15 is 0 Å². The van der Waals surface area contributed by atoms with E-state index in [1.165, 1.54) is 0 Å². The predicted octanol–water partition coefficient (Wildman–Crippen LogP) is 3.69. The van der Waals surface area contributed by atoms with Gasteiger partial charge in [-0.3, -0.25) is 0 Å². The van der Waals surface area contributed by atoms with E-state index in [1.807, 2.05) is 31.2 Å². The van der Waals surface area contributed by atoms with Crippen LogP contribution in [0.3, 0.4) is 0 Å². The van der Waals surface area contributed by atoms with Crippen LogP contribution in [0, 0.1) is 13.5 Å². The maximum atomic E-state index is 10.2. The maximum absolute atomic E-state index is 10.2. The predicted molar refractivity (Wildman–Crippen MR) is 65.8 cm³/mol. The Morgan fingerprint density at radius 3 is 2.62 bits per heavy atom. The monoisotopic (exact) mass is 229 g/mol. The van der Waals surface area contributed by atoms with Crippen LogP contribution in [0.1, 0.15) is 21.4 Å². The normalized spacial score (nSPS) is 12.1. The molecule has 16 heavy (non-hydrogen) atoms. The Hall–Kier alpha value is -1.63. The summed E-state index contributed by atoms with van der Waals surface area (Å²) in [5, 5.41) is 10.2. The molecule has 2 rings (SSSR count). The van der Waals surface area contributed by atoms with E-state index in [0.29, 0.717) is 11.3 Å². The Morgan fingerprint density at radius 1 is 1.25 bits per heavy atom. The summed E-state index contributed by atoms with van der Waals surface area (Å²) in [7, 11) is 0. The molecule has 0 aliphatic carbocycles. The van der Waals surface area contributed by atoms with Crippen molar-refractivity contribution in [3.8, 4) is 0 Å². The zero-order valence-electron chi connectivity index (χ0n) is 8.84. The summed E-state index contributed by atoms with van der Waals surface area (Å²) >= 11 is 1.56. The van der Waals surface area contributed by atoms with Gasteiger partial charge in [-0.15, -0.1) is 11.3 Å². The van der Waals surface area contributed by atoms with E-state index in [4.69, 9.17) is 6.57 Å². The van der Waals surface area contributed by atoms with Crippen LogP contribution in [-0.4, -0.2) is 5.11 Å². The second-order valence-electron chi connectivity index (χ2n) is 3.52. The van der Waals surface area contributed by atoms with Crippen molar-refractivity contribution in [3.05, 3.63) is 63.1 Å². The van der Waals surface area contributed by atoms with Gasteiger partial charge in [-0.05, 0) is 24.6 Å². The van der Waals surface area contributed by atoms with Gasteiger partial charge < -0.3 is 5.11 Å². The highest BCUT2D eigenvalue weighted by atomic mass is 32.1. The molecule has 0 aliphatic rings. The third-order valence-corrected chi connectivity index (χ3v) is 3.44. The molecule has 1 N–H and O–H groups in total. The molecule has 0 amide bonds. The lowest BCUT2D eigenvalue weighted by molar-refractivity contribution is 0.225. The third-order valence-electron chi connectivity index (χ3n) is 2.38. The molecule has 2 aromatic rings. The fraction of sp³-hybridized carbons (Fsp3) is 0.154. The fourth-order valence-corrected chi connectivity index (χ4v) is 2.46. The number of rotatable bonds is 2. The summed E-state index contributed by atoms with van der Waals surface area (Å²) in [6, 6.07) is 11.1. The van der Waals surface area contributed by atoms with Crippen molar-refractivity contribution in [2.24, 2.45) is 0 Å². The number of benzene rings is 1. The van der Waals surface area contributed by atoms with Crippen molar-refractivity contribution in [2.45, 2.75) is 13.0 Å². The molecule has 0 radical (unpaired) electrons. The minimum atomic E-state index is -0.691. The summed E-state index contributed by atoms with van der Waals surface area (Å²) < 4.78 is 0. The van der Waals surface area contributed by atoms with Gasteiger partial charge in [0.05, 0.1) is 6.57 Å². The zero-order valence-corrected chi connectivity index (χ0v) is 9.66. The molecule has 0 bridgehead atoms. The summed E-state index contributed by atoms with van der Waals surface area (Å²) in [5.41, 5.74) is 1.19. The first kappa shape index (κ1) is 10.9. The molecule has 0 spiro atoms. The second-order valence-corrected chi connectivity index (χ2v) is 4.84. The van der Waals surface area contributed by atoms with Crippen LogP contribution in [0.2, 0.25) is 0 Å². The van der Waals surface area contributed by atoms with Crippen LogP contribution in [0.15, 0.2) is 36.4 Å². The first-order chi connectivity index (χ1) is 7.72. The highest BCUT2D eigenvalue weighted by Crippen LogP contribution is 2.33. The average molecular weight is 229 g/mol. The second kappa shape index (κ2) is 4.48. The first-order valence-electron chi connectivity index (χ1n) is 4.93. The first-order valence-corrected chi connectivity index (χ1v) is 5.75. The Bertz CT molecular complexity index is 539. The van der Waals surface area contributed by atoms with Crippen LogP contribution in [0.25, 0.3) is 4.85 Å². The van der Waals surface area contributed by atoms with Gasteiger partial charge in [0.2, 0.25) is 0 Å². The molecule has 0 fully saturated rings. The quantitative estimate of drug-likeness (QED) is 0.780. The van der Waals surface area contributed by atoms with Gasteiger partial charge in [-0.2, -0.15) is 0 Å². The lowest BCUT2D eigenvalue weighted by atomic mass is 10.1. The molecular formula is C13H11NOS. The van der Waals surface area contributed by atoms with Gasteiger partial charge in [-0.25, -0.2) is 4.85 Å². The summed E-state index contributed by atoms with van der Waals surface area (Å²) in [6.07, 6.45) is -0.691. The van der Waals surface area contributed by atoms with Gasteiger partial charge >= 0.3 is 0 Å². The van der Waals surface area contributed by atoms with Crippen LogP contribution in [0.4, 0.5) is 5.69 Å². The number of para-hydroxylation sites is 1. The lowest BCUT2D eigenvalue weighted by Crippen LogP contribution is -1.96. The molecule has 1 atom stereocenters. The van der Waals surface area contributed by atoms with Crippen LogP contribution >= 0.6 is 11.3 Å². The van der Waals surface area contributed by atoms with Gasteiger partial charge in [0.1, 0.15) is 6.10 Å². The summed E-state index contributed by atoms with van der Waals surface area (Å²) in [5.74, 6) is 0. The van der Waals surface area contributed by atoms with Crippen LogP contribution < -0.4 is 0 Å². The standard InChI is InChI=1S/C13H11NOS/c1-9-7-8-12(16-9)13(15)10-5-3-4-6-11(10)14-2/h3-8,13,15H,1H3. The largest absolute Gasteiger partial charge is 0.384 e. The topological polar surface area (TPSA) is 24.6 Å². The molecule has 2 nitrogen and oxygen atoms in total. The van der Waals surface area contributed by atoms with Crippen molar-refractivity contribution in [2.75, 3.05) is 0 Å². The number of aryl methyl sites for hydroxylation is 1. The number of aliphatic hydroxyl groups excluding tert-OH is 1. The smallest absolute Gasteiger partial charge is 0.193 e. The minimum Gasteiger partial charge on any atom is -0.384 e. The Labute approximate surface area is 98.6 Å². The van der Waals surface area contributed by atoms with Crippen molar-refractivity contribution in [3.63, 3.8) is 0 Å². The van der Waals surface area contributed by atoms with Crippen molar-refractivity contribution in [1.82, 2.24) is 0 Å². The summed E-state index contributed by atoms with van der Waals surface area (Å²) in [6.45, 7) is 9.06. The molecule has 1 unspecified atom stereocenters. The van der Waals surface area contributed by atoms with E-state index in [1.54, 1.807) is 23.5 Å². The molecular weight excluding hydrogens is 218 g/mol. The third kappa shape index (κ3) is 1.99. The maximum Gasteiger partial charge on any atom is 0.193 e. The van der Waals surface area contributed by atoms with Crippen molar-refractivity contribution in [1.29, 1.82) is 0 Å². The number of thiophene rings is 1. The van der Waals surface area contributed by atoms with E-state index in [0.717, 1.165) is 9.75 Å². The van der Waals surface area contributed by atoms with E-state index < -0.39 is 6.10 Å².